The Kier molecular flexibility index (Phi) is 6.78. The molecule has 36 heavy (non-hydrogen) atoms. The summed E-state index contributed by atoms with van der Waals surface area (Å²) in [4.78, 5) is 28.5. The minimum atomic E-state index is -0.196. The zero-order valence-electron chi connectivity index (χ0n) is 20.9. The fourth-order valence-electron chi connectivity index (χ4n) is 5.03. The molecule has 1 aromatic heterocycles. The maximum Gasteiger partial charge on any atom is 0.254 e. The summed E-state index contributed by atoms with van der Waals surface area (Å²) in [6.07, 6.45) is 6.46. The highest BCUT2D eigenvalue weighted by Crippen LogP contribution is 2.38. The van der Waals surface area contributed by atoms with E-state index in [2.05, 4.69) is 15.5 Å². The third-order valence-corrected chi connectivity index (χ3v) is 7.34. The second-order valence-electron chi connectivity index (χ2n) is 9.64. The topological polar surface area (TPSA) is 96.5 Å². The summed E-state index contributed by atoms with van der Waals surface area (Å²) in [5.74, 6) is 1.06. The van der Waals surface area contributed by atoms with E-state index in [4.69, 9.17) is 9.47 Å². The van der Waals surface area contributed by atoms with Crippen molar-refractivity contribution in [1.82, 2.24) is 20.4 Å². The van der Waals surface area contributed by atoms with Crippen LogP contribution in [0.4, 0.5) is 0 Å². The van der Waals surface area contributed by atoms with Crippen LogP contribution in [0.2, 0.25) is 0 Å². The third kappa shape index (κ3) is 4.73. The zero-order chi connectivity index (χ0) is 25.2. The van der Waals surface area contributed by atoms with Gasteiger partial charge in [0.25, 0.3) is 11.8 Å². The number of likely N-dealkylation sites (tertiary alicyclic amines) is 1. The Morgan fingerprint density at radius 2 is 2.03 bits per heavy atom. The van der Waals surface area contributed by atoms with E-state index in [0.717, 1.165) is 28.8 Å². The first-order chi connectivity index (χ1) is 17.5. The lowest BCUT2D eigenvalue weighted by Gasteiger charge is -2.27. The standard InChI is InChI=1S/C28H32N4O4/c1-17-22(5-4-6-23(17)27(33)29-13-18-7-8-18)25-12-21(35-2)16-32(25)28(34)19-9-10-24(26(11-19)36-3)20-14-30-31-15-20/h4-6,9-11,14-15,18,21,25H,7-8,12-13,16H2,1-3H3,(H,29,33)(H,30,31)/t21?,25-/m1/s1. The average Bonchev–Trinajstić information content (AvgIpc) is 3.38. The molecule has 188 valence electrons. The molecular weight excluding hydrogens is 456 g/mol. The van der Waals surface area contributed by atoms with Crippen molar-refractivity contribution in [2.75, 3.05) is 27.3 Å². The molecule has 8 nitrogen and oxygen atoms in total. The molecule has 0 bridgehead atoms. The van der Waals surface area contributed by atoms with E-state index < -0.39 is 0 Å². The van der Waals surface area contributed by atoms with Gasteiger partial charge in [-0.2, -0.15) is 5.10 Å². The zero-order valence-corrected chi connectivity index (χ0v) is 20.9. The SMILES string of the molecule is COc1cc(C(=O)N2CC(OC)C[C@@H]2c2cccc(C(=O)NCC3CC3)c2C)ccc1-c1cn[nH]c1. The molecule has 2 aromatic carbocycles. The Morgan fingerprint density at radius 1 is 1.19 bits per heavy atom. The van der Waals surface area contributed by atoms with Crippen LogP contribution >= 0.6 is 0 Å². The molecular formula is C28H32N4O4. The predicted molar refractivity (Wildman–Crippen MR) is 136 cm³/mol. The molecule has 1 saturated heterocycles. The molecule has 0 radical (unpaired) electrons. The van der Waals surface area contributed by atoms with Crippen molar-refractivity contribution in [3.05, 3.63) is 71.0 Å². The lowest BCUT2D eigenvalue weighted by Crippen LogP contribution is -2.33. The Bertz CT molecular complexity index is 1250. The van der Waals surface area contributed by atoms with Crippen LogP contribution in [-0.2, 0) is 4.74 Å². The van der Waals surface area contributed by atoms with E-state index in [1.807, 2.05) is 42.2 Å². The van der Waals surface area contributed by atoms with Crippen molar-refractivity contribution >= 4 is 11.8 Å². The number of hydrogen-bond acceptors (Lipinski definition) is 5. The molecule has 2 amide bonds. The molecule has 5 rings (SSSR count). The highest BCUT2D eigenvalue weighted by Gasteiger charge is 2.38. The summed E-state index contributed by atoms with van der Waals surface area (Å²) >= 11 is 0. The molecule has 1 aliphatic heterocycles. The number of benzene rings is 2. The molecule has 3 aromatic rings. The number of nitrogens with one attached hydrogen (secondary N) is 2. The summed E-state index contributed by atoms with van der Waals surface area (Å²) in [5.41, 5.74) is 4.82. The van der Waals surface area contributed by atoms with Gasteiger partial charge in [0.2, 0.25) is 0 Å². The largest absolute Gasteiger partial charge is 0.496 e. The maximum absolute atomic E-state index is 13.8. The number of nitrogens with zero attached hydrogens (tertiary/aromatic N) is 2. The number of H-pyrrole nitrogens is 1. The smallest absolute Gasteiger partial charge is 0.254 e. The van der Waals surface area contributed by atoms with Gasteiger partial charge in [-0.15, -0.1) is 0 Å². The van der Waals surface area contributed by atoms with E-state index in [1.54, 1.807) is 32.7 Å². The normalized spacial score (nSPS) is 19.4. The lowest BCUT2D eigenvalue weighted by molar-refractivity contribution is 0.0687. The molecule has 1 saturated carbocycles. The van der Waals surface area contributed by atoms with Crippen molar-refractivity contribution < 1.29 is 19.1 Å². The number of hydrogen-bond donors (Lipinski definition) is 2. The van der Waals surface area contributed by atoms with Gasteiger partial charge in [-0.25, -0.2) is 0 Å². The highest BCUT2D eigenvalue weighted by molar-refractivity contribution is 5.97. The van der Waals surface area contributed by atoms with Gasteiger partial charge in [0.15, 0.2) is 0 Å². The molecule has 2 heterocycles. The van der Waals surface area contributed by atoms with E-state index in [-0.39, 0.29) is 24.0 Å². The number of methoxy groups -OCH3 is 2. The van der Waals surface area contributed by atoms with Gasteiger partial charge in [0.05, 0.1) is 25.5 Å². The summed E-state index contributed by atoms with van der Waals surface area (Å²) < 4.78 is 11.3. The number of aromatic amines is 1. The molecule has 2 aliphatic rings. The lowest BCUT2D eigenvalue weighted by atomic mass is 9.94. The minimum Gasteiger partial charge on any atom is -0.496 e. The third-order valence-electron chi connectivity index (χ3n) is 7.34. The van der Waals surface area contributed by atoms with Crippen LogP contribution in [0.15, 0.2) is 48.8 Å². The van der Waals surface area contributed by atoms with Crippen LogP contribution in [0, 0.1) is 12.8 Å². The Balaban J connectivity index is 1.43. The number of carbonyl (C=O) groups excluding carboxylic acids is 2. The summed E-state index contributed by atoms with van der Waals surface area (Å²) in [7, 11) is 3.27. The second kappa shape index (κ2) is 10.1. The highest BCUT2D eigenvalue weighted by atomic mass is 16.5. The van der Waals surface area contributed by atoms with E-state index in [0.29, 0.717) is 35.8 Å². The quantitative estimate of drug-likeness (QED) is 0.497. The molecule has 1 aliphatic carbocycles. The molecule has 0 spiro atoms. The monoisotopic (exact) mass is 488 g/mol. The fourth-order valence-corrected chi connectivity index (χ4v) is 5.03. The van der Waals surface area contributed by atoms with Crippen LogP contribution in [0.3, 0.4) is 0 Å². The van der Waals surface area contributed by atoms with Crippen LogP contribution in [-0.4, -0.2) is 60.3 Å². The predicted octanol–water partition coefficient (Wildman–Crippen LogP) is 4.14. The molecule has 8 heteroatoms. The first-order valence-electron chi connectivity index (χ1n) is 12.4. The van der Waals surface area contributed by atoms with E-state index >= 15 is 0 Å². The number of carbonyl (C=O) groups is 2. The molecule has 2 fully saturated rings. The first-order valence-corrected chi connectivity index (χ1v) is 12.4. The summed E-state index contributed by atoms with van der Waals surface area (Å²) in [6, 6.07) is 11.0. The van der Waals surface area contributed by atoms with Crippen LogP contribution < -0.4 is 10.1 Å². The van der Waals surface area contributed by atoms with Crippen molar-refractivity contribution in [3.63, 3.8) is 0 Å². The van der Waals surface area contributed by atoms with Gasteiger partial charge in [-0.1, -0.05) is 12.1 Å². The van der Waals surface area contributed by atoms with Gasteiger partial charge < -0.3 is 19.7 Å². The number of amides is 2. The van der Waals surface area contributed by atoms with Gasteiger partial charge in [0, 0.05) is 48.6 Å². The second-order valence-corrected chi connectivity index (χ2v) is 9.64. The summed E-state index contributed by atoms with van der Waals surface area (Å²) in [6.45, 7) is 3.16. The van der Waals surface area contributed by atoms with Crippen molar-refractivity contribution in [1.29, 1.82) is 0 Å². The first kappa shape index (κ1) is 24.1. The fraction of sp³-hybridized carbons (Fsp3) is 0.393. The van der Waals surface area contributed by atoms with E-state index in [1.165, 1.54) is 12.8 Å². The van der Waals surface area contributed by atoms with Crippen molar-refractivity contribution in [2.24, 2.45) is 5.92 Å². The number of rotatable bonds is 8. The molecule has 2 atom stereocenters. The van der Waals surface area contributed by atoms with Crippen LogP contribution in [0.1, 0.15) is 57.1 Å². The minimum absolute atomic E-state index is 0.0556. The van der Waals surface area contributed by atoms with E-state index in [9.17, 15) is 9.59 Å². The Hall–Kier alpha value is -3.65. The average molecular weight is 489 g/mol. The molecule has 2 N–H and O–H groups in total. The molecule has 1 unspecified atom stereocenters. The van der Waals surface area contributed by atoms with Crippen LogP contribution in [0.5, 0.6) is 5.75 Å². The number of ether oxygens (including phenoxy) is 2. The van der Waals surface area contributed by atoms with Gasteiger partial charge in [-0.3, -0.25) is 14.7 Å². The Labute approximate surface area is 211 Å². The van der Waals surface area contributed by atoms with Gasteiger partial charge >= 0.3 is 0 Å². The van der Waals surface area contributed by atoms with Crippen molar-refractivity contribution in [3.8, 4) is 16.9 Å². The van der Waals surface area contributed by atoms with Gasteiger partial charge in [0.1, 0.15) is 5.75 Å². The summed E-state index contributed by atoms with van der Waals surface area (Å²) in [5, 5.41) is 9.88. The Morgan fingerprint density at radius 3 is 2.72 bits per heavy atom. The number of aromatic nitrogens is 2. The van der Waals surface area contributed by atoms with Gasteiger partial charge in [-0.05, 0) is 67.5 Å². The van der Waals surface area contributed by atoms with Crippen molar-refractivity contribution in [2.45, 2.75) is 38.3 Å². The van der Waals surface area contributed by atoms with Crippen LogP contribution in [0.25, 0.3) is 11.1 Å². The maximum atomic E-state index is 13.8.